The summed E-state index contributed by atoms with van der Waals surface area (Å²) in [6, 6.07) is -0.766. The summed E-state index contributed by atoms with van der Waals surface area (Å²) in [5.41, 5.74) is 0. The van der Waals surface area contributed by atoms with E-state index in [2.05, 4.69) is 14.7 Å². The molecule has 1 aliphatic rings. The van der Waals surface area contributed by atoms with Gasteiger partial charge in [0, 0.05) is 11.5 Å². The van der Waals surface area contributed by atoms with Crippen molar-refractivity contribution >= 4 is 34.5 Å². The minimum absolute atomic E-state index is 0.188. The smallest absolute Gasteiger partial charge is 0.277 e. The van der Waals surface area contributed by atoms with Crippen LogP contribution in [-0.2, 0) is 9.59 Å². The number of anilines is 1. The summed E-state index contributed by atoms with van der Waals surface area (Å²) in [7, 11) is 0. The van der Waals surface area contributed by atoms with Crippen LogP contribution in [0.5, 0.6) is 0 Å². The number of aryl methyl sites for hydroxylation is 1. The van der Waals surface area contributed by atoms with Crippen LogP contribution >= 0.6 is 11.5 Å². The molecule has 1 saturated heterocycles. The van der Waals surface area contributed by atoms with Crippen LogP contribution in [0.2, 0.25) is 0 Å². The third-order valence-electron chi connectivity index (χ3n) is 2.58. The maximum absolute atomic E-state index is 12.2. The van der Waals surface area contributed by atoms with Crippen LogP contribution in [0.15, 0.2) is 0 Å². The molecule has 8 heteroatoms. The van der Waals surface area contributed by atoms with Gasteiger partial charge in [-0.25, -0.2) is 14.7 Å². The number of hydrogen-bond acceptors (Lipinski definition) is 6. The van der Waals surface area contributed by atoms with Gasteiger partial charge in [-0.2, -0.15) is 4.37 Å². The van der Waals surface area contributed by atoms with E-state index in [9.17, 15) is 14.4 Å². The van der Waals surface area contributed by atoms with Crippen LogP contribution in [0.25, 0.3) is 0 Å². The van der Waals surface area contributed by atoms with E-state index in [-0.39, 0.29) is 11.0 Å². The minimum atomic E-state index is -0.869. The van der Waals surface area contributed by atoms with Crippen LogP contribution in [0.3, 0.4) is 0 Å². The molecule has 1 aromatic heterocycles. The van der Waals surface area contributed by atoms with Crippen LogP contribution in [0.1, 0.15) is 19.7 Å². The monoisotopic (exact) mass is 268 g/mol. The maximum atomic E-state index is 12.2. The van der Waals surface area contributed by atoms with Crippen LogP contribution in [0, 0.1) is 18.8 Å². The van der Waals surface area contributed by atoms with E-state index in [0.717, 1.165) is 16.4 Å². The highest BCUT2D eigenvalue weighted by Gasteiger charge is 2.43. The average molecular weight is 268 g/mol. The molecule has 1 aliphatic heterocycles. The second kappa shape index (κ2) is 4.45. The Morgan fingerprint density at radius 3 is 2.50 bits per heavy atom. The molecule has 2 rings (SSSR count). The quantitative estimate of drug-likeness (QED) is 0.797. The Balaban J connectivity index is 2.38. The topological polar surface area (TPSA) is 92.3 Å². The number of nitrogens with zero attached hydrogens (tertiary/aromatic N) is 3. The summed E-state index contributed by atoms with van der Waals surface area (Å²) in [5.74, 6) is -1.69. The highest BCUT2D eigenvalue weighted by molar-refractivity contribution is 7.10. The van der Waals surface area contributed by atoms with Gasteiger partial charge in [0.15, 0.2) is 0 Å². The molecule has 1 N–H and O–H groups in total. The van der Waals surface area contributed by atoms with E-state index in [4.69, 9.17) is 0 Å². The fourth-order valence-electron chi connectivity index (χ4n) is 1.74. The molecule has 96 valence electrons. The number of imide groups is 2. The summed E-state index contributed by atoms with van der Waals surface area (Å²) >= 11 is 0.950. The highest BCUT2D eigenvalue weighted by Crippen LogP contribution is 2.25. The van der Waals surface area contributed by atoms with E-state index in [0.29, 0.717) is 5.82 Å². The predicted molar refractivity (Wildman–Crippen MR) is 64.0 cm³/mol. The van der Waals surface area contributed by atoms with Crippen LogP contribution < -0.4 is 10.2 Å². The Kier molecular flexibility index (Phi) is 3.12. The van der Waals surface area contributed by atoms with Gasteiger partial charge in [-0.3, -0.25) is 14.9 Å². The summed E-state index contributed by atoms with van der Waals surface area (Å²) in [6.07, 6.45) is 0. The Morgan fingerprint density at radius 2 is 2.00 bits per heavy atom. The van der Waals surface area contributed by atoms with Crippen molar-refractivity contribution in [3.8, 4) is 0 Å². The number of amides is 4. The Labute approximate surface area is 107 Å². The zero-order valence-corrected chi connectivity index (χ0v) is 10.9. The van der Waals surface area contributed by atoms with Gasteiger partial charge in [0.2, 0.25) is 16.9 Å². The van der Waals surface area contributed by atoms with Gasteiger partial charge < -0.3 is 0 Å². The van der Waals surface area contributed by atoms with Crippen molar-refractivity contribution in [3.05, 3.63) is 5.82 Å². The molecule has 2 heterocycles. The summed E-state index contributed by atoms with van der Waals surface area (Å²) in [6.45, 7) is 5.17. The summed E-state index contributed by atoms with van der Waals surface area (Å²) in [5, 5.41) is 2.35. The molecule has 1 fully saturated rings. The Morgan fingerprint density at radius 1 is 1.33 bits per heavy atom. The number of nitrogens with one attached hydrogen (secondary N) is 1. The molecule has 7 nitrogen and oxygen atoms in total. The van der Waals surface area contributed by atoms with Gasteiger partial charge in [-0.05, 0) is 12.8 Å². The fraction of sp³-hybridized carbons (Fsp3) is 0.500. The molecule has 0 aliphatic carbocycles. The molecule has 1 aromatic rings. The SMILES string of the molecule is Cc1nsc(N2C(=O)NC(=O)C(C(C)C)C2=O)n1. The number of hydrogen-bond donors (Lipinski definition) is 1. The molecule has 0 aromatic carbocycles. The van der Waals surface area contributed by atoms with Gasteiger partial charge in [0.1, 0.15) is 11.7 Å². The molecule has 18 heavy (non-hydrogen) atoms. The predicted octanol–water partition coefficient (Wildman–Crippen LogP) is 0.702. The normalized spacial score (nSPS) is 20.6. The van der Waals surface area contributed by atoms with E-state index in [1.165, 1.54) is 0 Å². The van der Waals surface area contributed by atoms with Crippen molar-refractivity contribution in [2.24, 2.45) is 11.8 Å². The first-order chi connectivity index (χ1) is 8.41. The largest absolute Gasteiger partial charge is 0.337 e. The lowest BCUT2D eigenvalue weighted by Crippen LogP contribution is -2.59. The zero-order valence-electron chi connectivity index (χ0n) is 10.1. The van der Waals surface area contributed by atoms with Crippen molar-refractivity contribution in [3.63, 3.8) is 0 Å². The van der Waals surface area contributed by atoms with E-state index >= 15 is 0 Å². The fourth-order valence-corrected chi connectivity index (χ4v) is 2.42. The number of carbonyl (C=O) groups is 3. The zero-order chi connectivity index (χ0) is 13.4. The first-order valence-corrected chi connectivity index (χ1v) is 6.18. The molecular formula is C10H12N4O3S. The van der Waals surface area contributed by atoms with Gasteiger partial charge in [0.05, 0.1) is 0 Å². The molecule has 1 unspecified atom stereocenters. The molecule has 1 atom stereocenters. The number of barbiturate groups is 1. The molecule has 0 radical (unpaired) electrons. The number of carbonyl (C=O) groups excluding carboxylic acids is 3. The van der Waals surface area contributed by atoms with Crippen molar-refractivity contribution in [2.45, 2.75) is 20.8 Å². The molecule has 0 bridgehead atoms. The molecule has 4 amide bonds. The molecule has 0 saturated carbocycles. The first-order valence-electron chi connectivity index (χ1n) is 5.41. The van der Waals surface area contributed by atoms with Gasteiger partial charge in [-0.1, -0.05) is 13.8 Å². The Hall–Kier alpha value is -1.83. The Bertz CT molecular complexity index is 525. The number of urea groups is 1. The molecule has 0 spiro atoms. The third kappa shape index (κ3) is 1.99. The van der Waals surface area contributed by atoms with Crippen molar-refractivity contribution in [1.29, 1.82) is 0 Å². The average Bonchev–Trinajstić information content (AvgIpc) is 2.63. The summed E-state index contributed by atoms with van der Waals surface area (Å²) < 4.78 is 3.92. The van der Waals surface area contributed by atoms with Crippen molar-refractivity contribution in [2.75, 3.05) is 4.90 Å². The van der Waals surface area contributed by atoms with Gasteiger partial charge in [0.25, 0.3) is 0 Å². The lowest BCUT2D eigenvalue weighted by atomic mass is 9.92. The highest BCUT2D eigenvalue weighted by atomic mass is 32.1. The lowest BCUT2D eigenvalue weighted by Gasteiger charge is -2.29. The lowest BCUT2D eigenvalue weighted by molar-refractivity contribution is -0.136. The van der Waals surface area contributed by atoms with Gasteiger partial charge >= 0.3 is 6.03 Å². The van der Waals surface area contributed by atoms with E-state index in [1.807, 2.05) is 0 Å². The van der Waals surface area contributed by atoms with Crippen LogP contribution in [-0.4, -0.2) is 27.2 Å². The minimum Gasteiger partial charge on any atom is -0.277 e. The third-order valence-corrected chi connectivity index (χ3v) is 3.37. The molecular weight excluding hydrogens is 256 g/mol. The van der Waals surface area contributed by atoms with Crippen molar-refractivity contribution < 1.29 is 14.4 Å². The summed E-state index contributed by atoms with van der Waals surface area (Å²) in [4.78, 5) is 40.4. The van der Waals surface area contributed by atoms with Crippen LogP contribution in [0.4, 0.5) is 9.93 Å². The van der Waals surface area contributed by atoms with E-state index in [1.54, 1.807) is 20.8 Å². The standard InChI is InChI=1S/C10H12N4O3S/c1-4(2)6-7(15)12-9(17)14(8(6)16)10-11-5(3)13-18-10/h4,6H,1-3H3,(H,12,15,17). The second-order valence-corrected chi connectivity index (χ2v) is 5.04. The number of aromatic nitrogens is 2. The van der Waals surface area contributed by atoms with Crippen molar-refractivity contribution in [1.82, 2.24) is 14.7 Å². The maximum Gasteiger partial charge on any atom is 0.337 e. The van der Waals surface area contributed by atoms with E-state index < -0.39 is 23.8 Å². The van der Waals surface area contributed by atoms with Gasteiger partial charge in [-0.15, -0.1) is 0 Å². The number of rotatable bonds is 2. The first kappa shape index (κ1) is 12.6. The second-order valence-electron chi connectivity index (χ2n) is 4.31.